The molecule has 0 atom stereocenters. The van der Waals surface area contributed by atoms with Crippen LogP contribution in [0.1, 0.15) is 0 Å². The van der Waals surface area contributed by atoms with Gasteiger partial charge in [-0.15, -0.1) is 0 Å². The quantitative estimate of drug-likeness (QED) is 0.569. The number of pyridine rings is 1. The van der Waals surface area contributed by atoms with Gasteiger partial charge in [0.05, 0.1) is 5.69 Å². The van der Waals surface area contributed by atoms with Crippen LogP contribution in [0.2, 0.25) is 0 Å². The van der Waals surface area contributed by atoms with Crippen LogP contribution in [0.15, 0.2) is 22.9 Å². The molecule has 11 heavy (non-hydrogen) atoms. The van der Waals surface area contributed by atoms with E-state index in [0.29, 0.717) is 4.60 Å². The average Bonchev–Trinajstić information content (AvgIpc) is 1.93. The number of aromatic nitrogens is 1. The van der Waals surface area contributed by atoms with Crippen LogP contribution in [0.4, 0.5) is 5.69 Å². The summed E-state index contributed by atoms with van der Waals surface area (Å²) in [7, 11) is 0. The minimum Gasteiger partial charge on any atom is -0.376 e. The van der Waals surface area contributed by atoms with E-state index >= 15 is 0 Å². The zero-order valence-corrected chi connectivity index (χ0v) is 7.95. The summed E-state index contributed by atoms with van der Waals surface area (Å²) < 4.78 is 0.702. The number of halogens is 1. The molecule has 0 aromatic carbocycles. The molecule has 0 bridgehead atoms. The van der Waals surface area contributed by atoms with Gasteiger partial charge < -0.3 is 11.1 Å². The predicted molar refractivity (Wildman–Crippen MR) is 52.3 cm³/mol. The molecule has 0 saturated heterocycles. The van der Waals surface area contributed by atoms with Crippen LogP contribution in [0.3, 0.4) is 0 Å². The van der Waals surface area contributed by atoms with E-state index in [1.54, 1.807) is 12.3 Å². The van der Waals surface area contributed by atoms with E-state index in [9.17, 15) is 0 Å². The van der Waals surface area contributed by atoms with Gasteiger partial charge in [-0.2, -0.15) is 0 Å². The molecule has 5 heteroatoms. The number of hydrogen-bond donors (Lipinski definition) is 2. The third kappa shape index (κ3) is 2.44. The average molecular weight is 232 g/mol. The summed E-state index contributed by atoms with van der Waals surface area (Å²) in [6.45, 7) is 0. The van der Waals surface area contributed by atoms with Crippen molar-refractivity contribution >= 4 is 38.9 Å². The Balaban J connectivity index is 2.86. The molecule has 0 spiro atoms. The predicted octanol–water partition coefficient (Wildman–Crippen LogP) is 1.50. The van der Waals surface area contributed by atoms with Gasteiger partial charge in [0.2, 0.25) is 0 Å². The van der Waals surface area contributed by atoms with Crippen molar-refractivity contribution in [3.05, 3.63) is 22.9 Å². The second-order valence-corrected chi connectivity index (χ2v) is 3.02. The molecule has 0 saturated carbocycles. The summed E-state index contributed by atoms with van der Waals surface area (Å²) in [6, 6.07) is 3.63. The van der Waals surface area contributed by atoms with Crippen molar-refractivity contribution in [1.29, 1.82) is 0 Å². The van der Waals surface area contributed by atoms with Crippen LogP contribution in [-0.2, 0) is 0 Å². The van der Waals surface area contributed by atoms with Crippen LogP contribution in [0.5, 0.6) is 0 Å². The van der Waals surface area contributed by atoms with Crippen LogP contribution in [0.25, 0.3) is 0 Å². The zero-order valence-electron chi connectivity index (χ0n) is 5.54. The van der Waals surface area contributed by atoms with Crippen molar-refractivity contribution in [2.24, 2.45) is 5.73 Å². The van der Waals surface area contributed by atoms with Gasteiger partial charge in [0.25, 0.3) is 0 Å². The lowest BCUT2D eigenvalue weighted by atomic mass is 10.4. The SMILES string of the molecule is NC(=S)Nc1cccnc1Br. The molecule has 0 amide bonds. The molecule has 0 unspecified atom stereocenters. The second-order valence-electron chi connectivity index (χ2n) is 1.83. The van der Waals surface area contributed by atoms with Gasteiger partial charge in [0.15, 0.2) is 5.11 Å². The number of hydrogen-bond acceptors (Lipinski definition) is 2. The Bertz CT molecular complexity index is 276. The molecule has 1 aromatic heterocycles. The lowest BCUT2D eigenvalue weighted by molar-refractivity contribution is 1.28. The molecule has 3 nitrogen and oxygen atoms in total. The van der Waals surface area contributed by atoms with Crippen LogP contribution in [0, 0.1) is 0 Å². The van der Waals surface area contributed by atoms with E-state index in [2.05, 4.69) is 38.4 Å². The molecule has 3 N–H and O–H groups in total. The van der Waals surface area contributed by atoms with Gasteiger partial charge in [-0.1, -0.05) is 0 Å². The first-order valence-corrected chi connectivity index (χ1v) is 4.07. The highest BCUT2D eigenvalue weighted by atomic mass is 79.9. The van der Waals surface area contributed by atoms with Crippen molar-refractivity contribution in [3.8, 4) is 0 Å². The van der Waals surface area contributed by atoms with Crippen molar-refractivity contribution in [2.75, 3.05) is 5.32 Å². The Morgan fingerprint density at radius 1 is 1.73 bits per heavy atom. The molecule has 0 aliphatic heterocycles. The van der Waals surface area contributed by atoms with Gasteiger partial charge in [-0.25, -0.2) is 4.98 Å². The number of thiocarbonyl (C=S) groups is 1. The molecule has 0 aliphatic carbocycles. The van der Waals surface area contributed by atoms with Gasteiger partial charge in [0, 0.05) is 6.20 Å². The van der Waals surface area contributed by atoms with Crippen LogP contribution in [-0.4, -0.2) is 10.1 Å². The fourth-order valence-corrected chi connectivity index (χ4v) is 1.07. The summed E-state index contributed by atoms with van der Waals surface area (Å²) in [4.78, 5) is 3.97. The number of nitrogens with zero attached hydrogens (tertiary/aromatic N) is 1. The first-order valence-electron chi connectivity index (χ1n) is 2.87. The second kappa shape index (κ2) is 3.64. The maximum absolute atomic E-state index is 5.27. The fourth-order valence-electron chi connectivity index (χ4n) is 0.612. The summed E-state index contributed by atoms with van der Waals surface area (Å²) in [5.41, 5.74) is 6.04. The van der Waals surface area contributed by atoms with E-state index in [0.717, 1.165) is 5.69 Å². The number of rotatable bonds is 1. The summed E-state index contributed by atoms with van der Waals surface area (Å²) in [6.07, 6.45) is 1.68. The topological polar surface area (TPSA) is 50.9 Å². The van der Waals surface area contributed by atoms with Crippen molar-refractivity contribution < 1.29 is 0 Å². The lowest BCUT2D eigenvalue weighted by Gasteiger charge is -2.03. The molecular weight excluding hydrogens is 226 g/mol. The minimum atomic E-state index is 0.235. The highest BCUT2D eigenvalue weighted by Gasteiger charge is 1.97. The molecule has 0 aliphatic rings. The molecule has 58 valence electrons. The highest BCUT2D eigenvalue weighted by molar-refractivity contribution is 9.10. The molecule has 1 rings (SSSR count). The van der Waals surface area contributed by atoms with Gasteiger partial charge in [-0.3, -0.25) is 0 Å². The van der Waals surface area contributed by atoms with Crippen LogP contribution < -0.4 is 11.1 Å². The zero-order chi connectivity index (χ0) is 8.27. The summed E-state index contributed by atoms with van der Waals surface area (Å²) in [5, 5.41) is 3.01. The summed E-state index contributed by atoms with van der Waals surface area (Å²) in [5.74, 6) is 0. The lowest BCUT2D eigenvalue weighted by Crippen LogP contribution is -2.19. The first kappa shape index (κ1) is 8.42. The van der Waals surface area contributed by atoms with E-state index in [1.165, 1.54) is 0 Å². The van der Waals surface area contributed by atoms with E-state index in [-0.39, 0.29) is 5.11 Å². The molecule has 0 fully saturated rings. The minimum absolute atomic E-state index is 0.235. The molecule has 0 radical (unpaired) electrons. The standard InChI is InChI=1S/C6H6BrN3S/c7-5-4(10-6(8)11)2-1-3-9-5/h1-3H,(H3,8,10,11). The number of nitrogens with one attached hydrogen (secondary N) is 1. The van der Waals surface area contributed by atoms with Crippen molar-refractivity contribution in [1.82, 2.24) is 4.98 Å². The first-order chi connectivity index (χ1) is 5.20. The van der Waals surface area contributed by atoms with Crippen molar-refractivity contribution in [2.45, 2.75) is 0 Å². The van der Waals surface area contributed by atoms with Gasteiger partial charge in [0.1, 0.15) is 4.60 Å². The van der Waals surface area contributed by atoms with Crippen LogP contribution >= 0.6 is 28.1 Å². The Hall–Kier alpha value is -0.680. The Morgan fingerprint density at radius 3 is 3.00 bits per heavy atom. The fraction of sp³-hybridized carbons (Fsp3) is 0. The van der Waals surface area contributed by atoms with Gasteiger partial charge in [-0.05, 0) is 40.3 Å². The summed E-state index contributed by atoms with van der Waals surface area (Å²) >= 11 is 7.89. The highest BCUT2D eigenvalue weighted by Crippen LogP contribution is 2.17. The largest absolute Gasteiger partial charge is 0.376 e. The molecule has 1 heterocycles. The maximum atomic E-state index is 5.27. The third-order valence-electron chi connectivity index (χ3n) is 1.02. The Labute approximate surface area is 78.1 Å². The molecular formula is C6H6BrN3S. The number of nitrogens with two attached hydrogens (primary N) is 1. The van der Waals surface area contributed by atoms with E-state index in [1.807, 2.05) is 6.07 Å². The van der Waals surface area contributed by atoms with Gasteiger partial charge >= 0.3 is 0 Å². The van der Waals surface area contributed by atoms with E-state index in [4.69, 9.17) is 5.73 Å². The molecule has 1 aromatic rings. The maximum Gasteiger partial charge on any atom is 0.168 e. The Morgan fingerprint density at radius 2 is 2.45 bits per heavy atom. The monoisotopic (exact) mass is 231 g/mol. The van der Waals surface area contributed by atoms with E-state index < -0.39 is 0 Å². The normalized spacial score (nSPS) is 9.18. The van der Waals surface area contributed by atoms with Crippen molar-refractivity contribution in [3.63, 3.8) is 0 Å². The Kier molecular flexibility index (Phi) is 2.78. The number of anilines is 1. The smallest absolute Gasteiger partial charge is 0.168 e. The third-order valence-corrected chi connectivity index (χ3v) is 1.75.